The number of benzene rings is 1. The van der Waals surface area contributed by atoms with E-state index in [4.69, 9.17) is 9.47 Å². The van der Waals surface area contributed by atoms with Gasteiger partial charge in [0, 0.05) is 6.07 Å². The van der Waals surface area contributed by atoms with Gasteiger partial charge in [-0.1, -0.05) is 0 Å². The molecule has 0 aliphatic carbocycles. The quantitative estimate of drug-likeness (QED) is 0.586. The molecule has 0 amide bonds. The van der Waals surface area contributed by atoms with Crippen LogP contribution in [-0.4, -0.2) is 23.1 Å². The fourth-order valence-electron chi connectivity index (χ4n) is 1.54. The van der Waals surface area contributed by atoms with Crippen LogP contribution in [0.1, 0.15) is 11.9 Å². The van der Waals surface area contributed by atoms with Gasteiger partial charge >= 0.3 is 0 Å². The third-order valence-electron chi connectivity index (χ3n) is 2.30. The Bertz CT molecular complexity index is 469. The lowest BCUT2D eigenvalue weighted by molar-refractivity contribution is -0.395. The predicted molar refractivity (Wildman–Crippen MR) is 54.4 cm³/mol. The zero-order valence-corrected chi connectivity index (χ0v) is 8.57. The Balaban J connectivity index is 2.44. The normalized spacial score (nSPS) is 16.0. The van der Waals surface area contributed by atoms with E-state index in [0.717, 1.165) is 6.07 Å². The summed E-state index contributed by atoms with van der Waals surface area (Å²) in [6.07, 6.45) is -0.823. The van der Waals surface area contributed by atoms with Gasteiger partial charge in [0.15, 0.2) is 6.29 Å². The molecule has 0 bridgehead atoms. The Morgan fingerprint density at radius 1 is 1.12 bits per heavy atom. The molecule has 90 valence electrons. The minimum Gasteiger partial charge on any atom is -0.346 e. The van der Waals surface area contributed by atoms with Gasteiger partial charge in [-0.25, -0.2) is 0 Å². The third kappa shape index (κ3) is 2.22. The molecule has 0 unspecified atom stereocenters. The zero-order chi connectivity index (χ0) is 12.4. The van der Waals surface area contributed by atoms with E-state index in [1.165, 1.54) is 12.1 Å². The number of hydrogen-bond acceptors (Lipinski definition) is 6. The summed E-state index contributed by atoms with van der Waals surface area (Å²) in [5.41, 5.74) is -0.511. The first kappa shape index (κ1) is 11.4. The highest BCUT2D eigenvalue weighted by Crippen LogP contribution is 2.33. The molecule has 8 nitrogen and oxygen atoms in total. The summed E-state index contributed by atoms with van der Waals surface area (Å²) in [7, 11) is 0. The van der Waals surface area contributed by atoms with Gasteiger partial charge in [-0.05, 0) is 6.07 Å². The maximum absolute atomic E-state index is 10.8. The van der Waals surface area contributed by atoms with Crippen LogP contribution in [0.5, 0.6) is 0 Å². The van der Waals surface area contributed by atoms with Gasteiger partial charge in [-0.2, -0.15) is 0 Å². The first-order valence-electron chi connectivity index (χ1n) is 4.75. The third-order valence-corrected chi connectivity index (χ3v) is 2.30. The predicted octanol–water partition coefficient (Wildman–Crippen LogP) is 1.55. The maximum Gasteiger partial charge on any atom is 0.284 e. The number of non-ortho nitro benzene ring substituents is 1. The lowest BCUT2D eigenvalue weighted by Crippen LogP contribution is -2.04. The van der Waals surface area contributed by atoms with Crippen molar-refractivity contribution in [3.63, 3.8) is 0 Å². The van der Waals surface area contributed by atoms with Crippen molar-refractivity contribution in [2.24, 2.45) is 0 Å². The molecule has 2 rings (SSSR count). The van der Waals surface area contributed by atoms with E-state index in [9.17, 15) is 20.2 Å². The number of ether oxygens (including phenoxy) is 2. The lowest BCUT2D eigenvalue weighted by atomic mass is 10.1. The Labute approximate surface area is 95.1 Å². The van der Waals surface area contributed by atoms with Gasteiger partial charge in [0.25, 0.3) is 11.4 Å². The van der Waals surface area contributed by atoms with Crippen LogP contribution in [0, 0.1) is 20.2 Å². The van der Waals surface area contributed by atoms with Crippen LogP contribution in [0.2, 0.25) is 0 Å². The van der Waals surface area contributed by atoms with Crippen LogP contribution in [0.25, 0.3) is 0 Å². The second-order valence-corrected chi connectivity index (χ2v) is 3.33. The Morgan fingerprint density at radius 3 is 2.29 bits per heavy atom. The smallest absolute Gasteiger partial charge is 0.284 e. The van der Waals surface area contributed by atoms with Crippen LogP contribution in [0.4, 0.5) is 11.4 Å². The summed E-state index contributed by atoms with van der Waals surface area (Å²) in [5.74, 6) is 0. The molecule has 0 radical (unpaired) electrons. The SMILES string of the molecule is O=[N+]([O-])c1ccc(C2OCCO2)c([N+](=O)[O-])c1. The molecule has 0 spiro atoms. The van der Waals surface area contributed by atoms with E-state index in [1.54, 1.807) is 0 Å². The van der Waals surface area contributed by atoms with Gasteiger partial charge in [0.05, 0.1) is 34.7 Å². The van der Waals surface area contributed by atoms with Crippen molar-refractivity contribution >= 4 is 11.4 Å². The van der Waals surface area contributed by atoms with Gasteiger partial charge in [0.2, 0.25) is 0 Å². The zero-order valence-electron chi connectivity index (χ0n) is 8.57. The van der Waals surface area contributed by atoms with Crippen LogP contribution in [-0.2, 0) is 9.47 Å². The summed E-state index contributed by atoms with van der Waals surface area (Å²) < 4.78 is 10.3. The molecule has 8 heteroatoms. The minimum atomic E-state index is -0.823. The molecule has 1 aliphatic rings. The molecular formula is C9H8N2O6. The number of rotatable bonds is 3. The molecule has 0 N–H and O–H groups in total. The van der Waals surface area contributed by atoms with Gasteiger partial charge < -0.3 is 9.47 Å². The van der Waals surface area contributed by atoms with Crippen LogP contribution in [0.15, 0.2) is 18.2 Å². The molecule has 0 atom stereocenters. The lowest BCUT2D eigenvalue weighted by Gasteiger charge is -2.09. The molecule has 0 aromatic heterocycles. The second kappa shape index (κ2) is 4.44. The number of nitrogens with zero attached hydrogens (tertiary/aromatic N) is 2. The summed E-state index contributed by atoms with van der Waals surface area (Å²) in [6.45, 7) is 0.692. The van der Waals surface area contributed by atoms with Crippen molar-refractivity contribution in [3.8, 4) is 0 Å². The summed E-state index contributed by atoms with van der Waals surface area (Å²) in [6, 6.07) is 3.38. The van der Waals surface area contributed by atoms with Gasteiger partial charge in [-0.3, -0.25) is 20.2 Å². The first-order valence-corrected chi connectivity index (χ1v) is 4.75. The monoisotopic (exact) mass is 240 g/mol. The van der Waals surface area contributed by atoms with E-state index >= 15 is 0 Å². The first-order chi connectivity index (χ1) is 8.09. The number of nitro groups is 2. The summed E-state index contributed by atoms with van der Waals surface area (Å²) in [5, 5.41) is 21.4. The van der Waals surface area contributed by atoms with Crippen molar-refractivity contribution in [1.29, 1.82) is 0 Å². The van der Waals surface area contributed by atoms with Gasteiger partial charge in [-0.15, -0.1) is 0 Å². The van der Waals surface area contributed by atoms with E-state index in [0.29, 0.717) is 13.2 Å². The average Bonchev–Trinajstić information content (AvgIpc) is 2.81. The van der Waals surface area contributed by atoms with E-state index in [-0.39, 0.29) is 16.9 Å². The van der Waals surface area contributed by atoms with Crippen molar-refractivity contribution in [1.82, 2.24) is 0 Å². The van der Waals surface area contributed by atoms with E-state index < -0.39 is 16.1 Å². The van der Waals surface area contributed by atoms with Crippen molar-refractivity contribution < 1.29 is 19.3 Å². The summed E-state index contributed by atoms with van der Waals surface area (Å²) >= 11 is 0. The van der Waals surface area contributed by atoms with Crippen LogP contribution in [0.3, 0.4) is 0 Å². The fourth-order valence-corrected chi connectivity index (χ4v) is 1.54. The second-order valence-electron chi connectivity index (χ2n) is 3.33. The molecule has 1 saturated heterocycles. The highest BCUT2D eigenvalue weighted by molar-refractivity contribution is 5.49. The van der Waals surface area contributed by atoms with E-state index in [1.807, 2.05) is 0 Å². The average molecular weight is 240 g/mol. The highest BCUT2D eigenvalue weighted by atomic mass is 16.7. The summed E-state index contributed by atoms with van der Waals surface area (Å²) in [4.78, 5) is 20.0. The molecule has 1 aromatic rings. The molecule has 1 heterocycles. The minimum absolute atomic E-state index is 0.193. The molecule has 17 heavy (non-hydrogen) atoms. The molecule has 0 saturated carbocycles. The molecule has 1 aromatic carbocycles. The number of hydrogen-bond donors (Lipinski definition) is 0. The van der Waals surface area contributed by atoms with Crippen molar-refractivity contribution in [3.05, 3.63) is 44.0 Å². The van der Waals surface area contributed by atoms with Crippen molar-refractivity contribution in [2.45, 2.75) is 6.29 Å². The van der Waals surface area contributed by atoms with E-state index in [2.05, 4.69) is 0 Å². The topological polar surface area (TPSA) is 105 Å². The standard InChI is InChI=1S/C9H8N2O6/c12-10(13)6-1-2-7(8(5-6)11(14)15)9-16-3-4-17-9/h1-2,5,9H,3-4H2. The maximum atomic E-state index is 10.8. The fraction of sp³-hybridized carbons (Fsp3) is 0.333. The molecule has 1 aliphatic heterocycles. The Hall–Kier alpha value is -2.06. The largest absolute Gasteiger partial charge is 0.346 e. The van der Waals surface area contributed by atoms with Crippen LogP contribution < -0.4 is 0 Å². The molecular weight excluding hydrogens is 232 g/mol. The Kier molecular flexibility index (Phi) is 2.98. The molecule has 1 fully saturated rings. The number of nitro benzene ring substituents is 2. The van der Waals surface area contributed by atoms with Crippen molar-refractivity contribution in [2.75, 3.05) is 13.2 Å². The van der Waals surface area contributed by atoms with Crippen LogP contribution >= 0.6 is 0 Å². The Morgan fingerprint density at radius 2 is 1.76 bits per heavy atom. The van der Waals surface area contributed by atoms with Gasteiger partial charge in [0.1, 0.15) is 0 Å². The highest BCUT2D eigenvalue weighted by Gasteiger charge is 2.28.